The minimum absolute atomic E-state index is 0.148. The third kappa shape index (κ3) is 2.51. The third-order valence-electron chi connectivity index (χ3n) is 3.37. The molecule has 1 nitrogen and oxygen atoms in total. The fourth-order valence-corrected chi connectivity index (χ4v) is 4.33. The summed E-state index contributed by atoms with van der Waals surface area (Å²) in [6.07, 6.45) is 0. The molecule has 1 aromatic heterocycles. The van der Waals surface area contributed by atoms with Crippen LogP contribution in [0, 0.1) is 0 Å². The van der Waals surface area contributed by atoms with Gasteiger partial charge < -0.3 is 5.32 Å². The van der Waals surface area contributed by atoms with E-state index >= 15 is 0 Å². The van der Waals surface area contributed by atoms with E-state index in [1.807, 2.05) is 13.1 Å². The van der Waals surface area contributed by atoms with Gasteiger partial charge in [0.2, 0.25) is 0 Å². The standard InChI is InChI=1S/C16H13BrClNS/c1-19-15(14-9-13(18)16(17)20-14)12-8-4-6-10-5-2-3-7-11(10)12/h2-9,15,19H,1H3. The van der Waals surface area contributed by atoms with E-state index in [1.165, 1.54) is 21.2 Å². The Bertz CT molecular complexity index is 728. The number of halogens is 2. The van der Waals surface area contributed by atoms with E-state index in [1.54, 1.807) is 11.3 Å². The molecule has 1 atom stereocenters. The summed E-state index contributed by atoms with van der Waals surface area (Å²) < 4.78 is 0.981. The highest BCUT2D eigenvalue weighted by Gasteiger charge is 2.18. The summed E-state index contributed by atoms with van der Waals surface area (Å²) in [4.78, 5) is 1.21. The van der Waals surface area contributed by atoms with E-state index in [-0.39, 0.29) is 6.04 Å². The van der Waals surface area contributed by atoms with Gasteiger partial charge in [0, 0.05) is 4.88 Å². The van der Waals surface area contributed by atoms with E-state index in [0.29, 0.717) is 0 Å². The van der Waals surface area contributed by atoms with Crippen molar-refractivity contribution in [2.75, 3.05) is 7.05 Å². The van der Waals surface area contributed by atoms with Gasteiger partial charge in [0.05, 0.1) is 14.9 Å². The van der Waals surface area contributed by atoms with Gasteiger partial charge in [0.25, 0.3) is 0 Å². The smallest absolute Gasteiger partial charge is 0.0888 e. The van der Waals surface area contributed by atoms with Crippen LogP contribution in [0.5, 0.6) is 0 Å². The summed E-state index contributed by atoms with van der Waals surface area (Å²) in [6, 6.07) is 17.0. The summed E-state index contributed by atoms with van der Waals surface area (Å²) in [5.74, 6) is 0. The Labute approximate surface area is 135 Å². The Morgan fingerprint density at radius 2 is 1.90 bits per heavy atom. The Hall–Kier alpha value is -0.870. The second-order valence-corrected chi connectivity index (χ2v) is 7.37. The quantitative estimate of drug-likeness (QED) is 0.634. The van der Waals surface area contributed by atoms with Crippen LogP contribution < -0.4 is 5.32 Å². The summed E-state index contributed by atoms with van der Waals surface area (Å²) >= 11 is 11.3. The zero-order valence-electron chi connectivity index (χ0n) is 10.9. The predicted octanol–water partition coefficient (Wildman–Crippen LogP) is 5.63. The minimum atomic E-state index is 0.148. The lowest BCUT2D eigenvalue weighted by Gasteiger charge is -2.17. The first-order valence-electron chi connectivity index (χ1n) is 6.30. The number of hydrogen-bond donors (Lipinski definition) is 1. The van der Waals surface area contributed by atoms with Crippen molar-refractivity contribution in [3.8, 4) is 0 Å². The van der Waals surface area contributed by atoms with Crippen molar-refractivity contribution >= 4 is 49.6 Å². The normalized spacial score (nSPS) is 12.8. The van der Waals surface area contributed by atoms with Crippen LogP contribution in [-0.4, -0.2) is 7.05 Å². The monoisotopic (exact) mass is 365 g/mol. The average Bonchev–Trinajstić information content (AvgIpc) is 2.79. The summed E-state index contributed by atoms with van der Waals surface area (Å²) in [5, 5.41) is 6.70. The van der Waals surface area contributed by atoms with Crippen LogP contribution in [0.1, 0.15) is 16.5 Å². The lowest BCUT2D eigenvalue weighted by Crippen LogP contribution is -2.16. The molecule has 2 aromatic carbocycles. The van der Waals surface area contributed by atoms with Crippen molar-refractivity contribution in [1.29, 1.82) is 0 Å². The summed E-state index contributed by atoms with van der Waals surface area (Å²) in [5.41, 5.74) is 1.27. The average molecular weight is 367 g/mol. The number of nitrogens with one attached hydrogen (secondary N) is 1. The maximum atomic E-state index is 6.17. The molecule has 4 heteroatoms. The van der Waals surface area contributed by atoms with E-state index in [2.05, 4.69) is 63.7 Å². The second-order valence-electron chi connectivity index (χ2n) is 4.56. The van der Waals surface area contributed by atoms with Crippen molar-refractivity contribution in [3.05, 3.63) is 67.8 Å². The van der Waals surface area contributed by atoms with Gasteiger partial charge in [-0.15, -0.1) is 11.3 Å². The molecule has 0 aliphatic rings. The number of benzene rings is 2. The molecular weight excluding hydrogens is 354 g/mol. The fraction of sp³-hybridized carbons (Fsp3) is 0.125. The molecule has 1 N–H and O–H groups in total. The van der Waals surface area contributed by atoms with E-state index in [4.69, 9.17) is 11.6 Å². The minimum Gasteiger partial charge on any atom is -0.309 e. The van der Waals surface area contributed by atoms with Gasteiger partial charge in [-0.25, -0.2) is 0 Å². The topological polar surface area (TPSA) is 12.0 Å². The fourth-order valence-electron chi connectivity index (χ4n) is 2.46. The Morgan fingerprint density at radius 3 is 2.60 bits per heavy atom. The van der Waals surface area contributed by atoms with Crippen molar-refractivity contribution in [3.63, 3.8) is 0 Å². The van der Waals surface area contributed by atoms with Crippen LogP contribution in [0.2, 0.25) is 5.02 Å². The highest BCUT2D eigenvalue weighted by molar-refractivity contribution is 9.11. The highest BCUT2D eigenvalue weighted by atomic mass is 79.9. The predicted molar refractivity (Wildman–Crippen MR) is 91.9 cm³/mol. The Balaban J connectivity index is 2.16. The zero-order valence-corrected chi connectivity index (χ0v) is 14.0. The molecule has 0 fully saturated rings. The van der Waals surface area contributed by atoms with Crippen LogP contribution in [0.4, 0.5) is 0 Å². The van der Waals surface area contributed by atoms with Gasteiger partial charge in [0.1, 0.15) is 0 Å². The van der Waals surface area contributed by atoms with Gasteiger partial charge in [-0.2, -0.15) is 0 Å². The number of hydrogen-bond acceptors (Lipinski definition) is 2. The molecule has 0 bridgehead atoms. The lowest BCUT2D eigenvalue weighted by molar-refractivity contribution is 0.709. The molecule has 3 rings (SSSR count). The number of fused-ring (bicyclic) bond motifs is 1. The summed E-state index contributed by atoms with van der Waals surface area (Å²) in [6.45, 7) is 0. The summed E-state index contributed by atoms with van der Waals surface area (Å²) in [7, 11) is 1.98. The van der Waals surface area contributed by atoms with Crippen LogP contribution >= 0.6 is 38.9 Å². The molecule has 0 aliphatic carbocycles. The molecule has 1 unspecified atom stereocenters. The molecule has 0 spiro atoms. The third-order valence-corrected chi connectivity index (χ3v) is 5.91. The van der Waals surface area contributed by atoms with Gasteiger partial charge in [-0.1, -0.05) is 54.1 Å². The highest BCUT2D eigenvalue weighted by Crippen LogP contribution is 2.38. The molecule has 0 saturated heterocycles. The first-order valence-corrected chi connectivity index (χ1v) is 8.29. The molecule has 0 saturated carbocycles. The molecular formula is C16H13BrClNS. The maximum absolute atomic E-state index is 6.17. The van der Waals surface area contributed by atoms with E-state index in [9.17, 15) is 0 Å². The van der Waals surface area contributed by atoms with Crippen LogP contribution in [0.15, 0.2) is 52.3 Å². The van der Waals surface area contributed by atoms with Crippen molar-refractivity contribution in [1.82, 2.24) is 5.32 Å². The molecule has 0 radical (unpaired) electrons. The van der Waals surface area contributed by atoms with Crippen molar-refractivity contribution in [2.24, 2.45) is 0 Å². The first-order chi connectivity index (χ1) is 9.70. The van der Waals surface area contributed by atoms with E-state index < -0.39 is 0 Å². The number of rotatable bonds is 3. The maximum Gasteiger partial charge on any atom is 0.0888 e. The van der Waals surface area contributed by atoms with Crippen LogP contribution in [-0.2, 0) is 0 Å². The zero-order chi connectivity index (χ0) is 14.1. The number of thiophene rings is 1. The second kappa shape index (κ2) is 5.86. The van der Waals surface area contributed by atoms with Gasteiger partial charge in [-0.05, 0) is 45.4 Å². The molecule has 102 valence electrons. The largest absolute Gasteiger partial charge is 0.309 e. The molecule has 1 heterocycles. The molecule has 0 aliphatic heterocycles. The lowest BCUT2D eigenvalue weighted by atomic mass is 9.98. The van der Waals surface area contributed by atoms with Gasteiger partial charge in [0.15, 0.2) is 0 Å². The van der Waals surface area contributed by atoms with Crippen molar-refractivity contribution < 1.29 is 0 Å². The first kappa shape index (κ1) is 14.1. The Kier molecular flexibility index (Phi) is 4.13. The molecule has 20 heavy (non-hydrogen) atoms. The van der Waals surface area contributed by atoms with Gasteiger partial charge in [-0.3, -0.25) is 0 Å². The van der Waals surface area contributed by atoms with E-state index in [0.717, 1.165) is 8.81 Å². The SMILES string of the molecule is CNC(c1cc(Cl)c(Br)s1)c1cccc2ccccc12. The van der Waals surface area contributed by atoms with Crippen LogP contribution in [0.25, 0.3) is 10.8 Å². The van der Waals surface area contributed by atoms with Crippen molar-refractivity contribution in [2.45, 2.75) is 6.04 Å². The molecule has 0 amide bonds. The Morgan fingerprint density at radius 1 is 1.15 bits per heavy atom. The van der Waals surface area contributed by atoms with Gasteiger partial charge >= 0.3 is 0 Å². The molecule has 3 aromatic rings. The van der Waals surface area contributed by atoms with Crippen LogP contribution in [0.3, 0.4) is 0 Å².